The highest BCUT2D eigenvalue weighted by molar-refractivity contribution is 7.15. The van der Waals surface area contributed by atoms with E-state index in [1.54, 1.807) is 11.3 Å². The second-order valence-corrected chi connectivity index (χ2v) is 8.95. The maximum atomic E-state index is 13.2. The minimum absolute atomic E-state index is 0.0669. The molecule has 2 amide bonds. The largest absolute Gasteiger partial charge is 0.282 e. The number of hydrogen-bond donors (Lipinski definition) is 0. The predicted octanol–water partition coefficient (Wildman–Crippen LogP) is 4.89. The second-order valence-electron chi connectivity index (χ2n) is 7.48. The van der Waals surface area contributed by atoms with E-state index in [4.69, 9.17) is 16.6 Å². The molecule has 1 aromatic heterocycles. The van der Waals surface area contributed by atoms with E-state index >= 15 is 0 Å². The third kappa shape index (κ3) is 2.92. The lowest BCUT2D eigenvalue weighted by atomic mass is 9.72. The van der Waals surface area contributed by atoms with Gasteiger partial charge in [-0.05, 0) is 31.0 Å². The summed E-state index contributed by atoms with van der Waals surface area (Å²) in [6, 6.07) is 17.6. The van der Waals surface area contributed by atoms with Gasteiger partial charge in [-0.3, -0.25) is 14.5 Å². The van der Waals surface area contributed by atoms with Crippen LogP contribution in [0.1, 0.15) is 34.9 Å². The molecule has 0 unspecified atom stereocenters. The lowest BCUT2D eigenvalue weighted by Gasteiger charge is -2.30. The molecule has 1 saturated heterocycles. The maximum Gasteiger partial charge on any atom is 0.238 e. The molecular weight excluding hydrogens is 404 g/mol. The van der Waals surface area contributed by atoms with E-state index in [-0.39, 0.29) is 23.7 Å². The van der Waals surface area contributed by atoms with Crippen LogP contribution in [0.25, 0.3) is 10.6 Å². The van der Waals surface area contributed by atoms with Gasteiger partial charge in [0.2, 0.25) is 11.8 Å². The molecule has 0 radical (unpaired) electrons. The van der Waals surface area contributed by atoms with Gasteiger partial charge < -0.3 is 0 Å². The fourth-order valence-corrected chi connectivity index (χ4v) is 5.94. The van der Waals surface area contributed by atoms with Crippen LogP contribution < -0.4 is 0 Å². The Morgan fingerprint density at radius 2 is 1.79 bits per heavy atom. The minimum atomic E-state index is -0.443. The molecule has 0 spiro atoms. The molecule has 2 heterocycles. The highest BCUT2D eigenvalue weighted by Crippen LogP contribution is 2.52. The number of carbonyl (C=O) groups excluding carboxylic acids is 2. The summed E-state index contributed by atoms with van der Waals surface area (Å²) in [7, 11) is 0. The SMILES string of the molecule is CCN1C(=O)[C@@H]2[C@H](c3ccc(Cl)cc3)Cc3nc(-c4ccccc4)sc3[C@@H]2C1=O. The normalized spacial score (nSPS) is 23.2. The summed E-state index contributed by atoms with van der Waals surface area (Å²) in [6.07, 6.45) is 0.651. The van der Waals surface area contributed by atoms with Crippen LogP contribution in [0.4, 0.5) is 0 Å². The zero-order valence-electron chi connectivity index (χ0n) is 15.8. The van der Waals surface area contributed by atoms with Gasteiger partial charge in [-0.25, -0.2) is 4.98 Å². The number of nitrogens with zero attached hydrogens (tertiary/aromatic N) is 2. The molecule has 1 aliphatic carbocycles. The van der Waals surface area contributed by atoms with Crippen LogP contribution in [0.2, 0.25) is 5.02 Å². The summed E-state index contributed by atoms with van der Waals surface area (Å²) in [5, 5.41) is 1.56. The van der Waals surface area contributed by atoms with Crippen molar-refractivity contribution in [2.24, 2.45) is 5.92 Å². The van der Waals surface area contributed by atoms with Crippen LogP contribution >= 0.6 is 22.9 Å². The molecule has 4 nitrogen and oxygen atoms in total. The molecule has 146 valence electrons. The predicted molar refractivity (Wildman–Crippen MR) is 114 cm³/mol. The van der Waals surface area contributed by atoms with E-state index in [2.05, 4.69) is 0 Å². The number of hydrogen-bond acceptors (Lipinski definition) is 4. The first-order valence-electron chi connectivity index (χ1n) is 9.74. The van der Waals surface area contributed by atoms with Crippen molar-refractivity contribution >= 4 is 34.8 Å². The van der Waals surface area contributed by atoms with Crippen LogP contribution in [0.5, 0.6) is 0 Å². The average Bonchev–Trinajstić information content (AvgIpc) is 3.27. The van der Waals surface area contributed by atoms with Gasteiger partial charge in [0, 0.05) is 27.9 Å². The van der Waals surface area contributed by atoms with Crippen molar-refractivity contribution in [1.82, 2.24) is 9.88 Å². The van der Waals surface area contributed by atoms with E-state index in [0.717, 1.165) is 26.7 Å². The molecule has 5 rings (SSSR count). The molecule has 3 aromatic rings. The summed E-state index contributed by atoms with van der Waals surface area (Å²) in [4.78, 5) is 33.6. The Morgan fingerprint density at radius 3 is 2.48 bits per heavy atom. The second kappa shape index (κ2) is 7.08. The Labute approximate surface area is 178 Å². The number of thiazole rings is 1. The van der Waals surface area contributed by atoms with E-state index in [9.17, 15) is 9.59 Å². The molecule has 0 saturated carbocycles. The monoisotopic (exact) mass is 422 g/mol. The van der Waals surface area contributed by atoms with Crippen molar-refractivity contribution in [3.8, 4) is 10.6 Å². The first kappa shape index (κ1) is 18.5. The number of likely N-dealkylation sites (N-methyl/N-ethyl adjacent to an activating group) is 1. The van der Waals surface area contributed by atoms with Crippen molar-refractivity contribution in [2.75, 3.05) is 6.54 Å². The van der Waals surface area contributed by atoms with Crippen molar-refractivity contribution in [3.63, 3.8) is 0 Å². The topological polar surface area (TPSA) is 50.3 Å². The van der Waals surface area contributed by atoms with Gasteiger partial charge in [-0.15, -0.1) is 11.3 Å². The van der Waals surface area contributed by atoms with Crippen LogP contribution in [-0.4, -0.2) is 28.2 Å². The number of halogens is 1. The molecule has 1 fully saturated rings. The van der Waals surface area contributed by atoms with Gasteiger partial charge in [-0.2, -0.15) is 0 Å². The molecule has 2 aliphatic rings. The van der Waals surface area contributed by atoms with E-state index in [1.807, 2.05) is 61.5 Å². The van der Waals surface area contributed by atoms with Crippen molar-refractivity contribution < 1.29 is 9.59 Å². The quantitative estimate of drug-likeness (QED) is 0.564. The fourth-order valence-electron chi connectivity index (χ4n) is 4.57. The lowest BCUT2D eigenvalue weighted by molar-refractivity contribution is -0.139. The maximum absolute atomic E-state index is 13.2. The van der Waals surface area contributed by atoms with Gasteiger partial charge in [0.05, 0.1) is 17.5 Å². The summed E-state index contributed by atoms with van der Waals surface area (Å²) in [5.74, 6) is -1.06. The Morgan fingerprint density at radius 1 is 1.07 bits per heavy atom. The third-order valence-electron chi connectivity index (χ3n) is 5.93. The van der Waals surface area contributed by atoms with Crippen molar-refractivity contribution in [3.05, 3.63) is 75.8 Å². The molecule has 0 N–H and O–H groups in total. The number of amides is 2. The third-order valence-corrected chi connectivity index (χ3v) is 7.42. The Hall–Kier alpha value is -2.50. The van der Waals surface area contributed by atoms with E-state index < -0.39 is 5.92 Å². The molecular formula is C23H19ClN2O2S. The number of imide groups is 1. The zero-order valence-corrected chi connectivity index (χ0v) is 17.4. The minimum Gasteiger partial charge on any atom is -0.282 e. The van der Waals surface area contributed by atoms with Crippen LogP contribution in [0.3, 0.4) is 0 Å². The fraction of sp³-hybridized carbons (Fsp3) is 0.261. The molecule has 6 heteroatoms. The van der Waals surface area contributed by atoms with E-state index in [1.165, 1.54) is 4.90 Å². The van der Waals surface area contributed by atoms with E-state index in [0.29, 0.717) is 18.0 Å². The van der Waals surface area contributed by atoms with Crippen LogP contribution in [0.15, 0.2) is 54.6 Å². The van der Waals surface area contributed by atoms with Gasteiger partial charge >= 0.3 is 0 Å². The zero-order chi connectivity index (χ0) is 20.1. The number of fused-ring (bicyclic) bond motifs is 3. The Balaban J connectivity index is 1.64. The number of carbonyl (C=O) groups is 2. The highest BCUT2D eigenvalue weighted by atomic mass is 35.5. The number of rotatable bonds is 3. The lowest BCUT2D eigenvalue weighted by Crippen LogP contribution is -2.32. The van der Waals surface area contributed by atoms with Gasteiger partial charge in [0.15, 0.2) is 0 Å². The Kier molecular flexibility index (Phi) is 4.52. The molecule has 1 aliphatic heterocycles. The first-order valence-corrected chi connectivity index (χ1v) is 10.9. The Bertz CT molecular complexity index is 1090. The molecule has 3 atom stereocenters. The van der Waals surface area contributed by atoms with Gasteiger partial charge in [0.25, 0.3) is 0 Å². The molecule has 0 bridgehead atoms. The molecule has 2 aromatic carbocycles. The number of likely N-dealkylation sites (tertiary alicyclic amines) is 1. The number of aromatic nitrogens is 1. The van der Waals surface area contributed by atoms with Gasteiger partial charge in [-0.1, -0.05) is 54.1 Å². The smallest absolute Gasteiger partial charge is 0.238 e. The van der Waals surface area contributed by atoms with Crippen LogP contribution in [0, 0.1) is 5.92 Å². The first-order chi connectivity index (χ1) is 14.1. The standard InChI is InChI=1S/C23H19ClN2O2S/c1-2-26-22(27)18-16(13-8-10-15(24)11-9-13)12-17-20(19(18)23(26)28)29-21(25-17)14-6-4-3-5-7-14/h3-11,16,18-19H,2,12H2,1H3/t16-,18+,19+/m0/s1. The van der Waals surface area contributed by atoms with Crippen LogP contribution in [-0.2, 0) is 16.0 Å². The molecule has 29 heavy (non-hydrogen) atoms. The summed E-state index contributed by atoms with van der Waals surface area (Å²) >= 11 is 7.62. The highest BCUT2D eigenvalue weighted by Gasteiger charge is 2.55. The summed E-state index contributed by atoms with van der Waals surface area (Å²) in [5.41, 5.74) is 3.01. The van der Waals surface area contributed by atoms with Crippen molar-refractivity contribution in [1.29, 1.82) is 0 Å². The van der Waals surface area contributed by atoms with Crippen molar-refractivity contribution in [2.45, 2.75) is 25.2 Å². The number of benzene rings is 2. The summed E-state index contributed by atoms with van der Waals surface area (Å²) < 4.78 is 0. The summed E-state index contributed by atoms with van der Waals surface area (Å²) in [6.45, 7) is 2.26. The van der Waals surface area contributed by atoms with Gasteiger partial charge in [0.1, 0.15) is 5.01 Å². The average molecular weight is 423 g/mol.